The highest BCUT2D eigenvalue weighted by molar-refractivity contribution is 5.91. The zero-order valence-corrected chi connectivity index (χ0v) is 10.7. The van der Waals surface area contributed by atoms with Gasteiger partial charge in [0, 0.05) is 5.54 Å². The Morgan fingerprint density at radius 2 is 2.22 bits per heavy atom. The van der Waals surface area contributed by atoms with Crippen LogP contribution in [-0.4, -0.2) is 45.7 Å². The number of hydrogen-bond acceptors (Lipinski definition) is 3. The lowest BCUT2D eigenvalue weighted by molar-refractivity contribution is -0.149. The second-order valence-electron chi connectivity index (χ2n) is 6.33. The Kier molecular flexibility index (Phi) is 2.05. The minimum atomic E-state index is -0.944. The summed E-state index contributed by atoms with van der Waals surface area (Å²) in [6, 6.07) is 0. The first-order chi connectivity index (χ1) is 8.26. The van der Waals surface area contributed by atoms with E-state index in [1.165, 1.54) is 0 Å². The van der Waals surface area contributed by atoms with Gasteiger partial charge in [-0.3, -0.25) is 9.59 Å². The number of fused-ring (bicyclic) bond motifs is 1. The Labute approximate surface area is 105 Å². The molecule has 2 fully saturated rings. The molecule has 5 nitrogen and oxygen atoms in total. The number of amides is 1. The molecular formula is C13H17NO4. The molecule has 1 spiro atoms. The van der Waals surface area contributed by atoms with Crippen LogP contribution in [0.1, 0.15) is 20.8 Å². The van der Waals surface area contributed by atoms with Gasteiger partial charge < -0.3 is 14.7 Å². The molecule has 0 unspecified atom stereocenters. The van der Waals surface area contributed by atoms with Gasteiger partial charge in [-0.25, -0.2) is 0 Å². The predicted molar refractivity (Wildman–Crippen MR) is 62.8 cm³/mol. The van der Waals surface area contributed by atoms with E-state index in [1.807, 2.05) is 26.8 Å². The first-order valence-electron chi connectivity index (χ1n) is 6.18. The van der Waals surface area contributed by atoms with Crippen molar-refractivity contribution in [1.29, 1.82) is 0 Å². The lowest BCUT2D eigenvalue weighted by Gasteiger charge is -2.33. The fourth-order valence-electron chi connectivity index (χ4n) is 3.35. The quantitative estimate of drug-likeness (QED) is 0.695. The van der Waals surface area contributed by atoms with Crippen LogP contribution >= 0.6 is 0 Å². The van der Waals surface area contributed by atoms with Crippen molar-refractivity contribution in [2.75, 3.05) is 6.54 Å². The SMILES string of the molecule is CC(C)(C)N1C[C@@]23C=C[C@H](O2)[C@H](C(=O)O)[C@@H]3C1=O. The Morgan fingerprint density at radius 3 is 2.78 bits per heavy atom. The van der Waals surface area contributed by atoms with E-state index < -0.39 is 29.5 Å². The van der Waals surface area contributed by atoms with Gasteiger partial charge in [0.2, 0.25) is 5.91 Å². The molecule has 2 saturated heterocycles. The average molecular weight is 251 g/mol. The normalized spacial score (nSPS) is 41.6. The van der Waals surface area contributed by atoms with Gasteiger partial charge in [0.15, 0.2) is 0 Å². The molecule has 0 aromatic carbocycles. The maximum atomic E-state index is 12.5. The summed E-state index contributed by atoms with van der Waals surface area (Å²) in [7, 11) is 0. The van der Waals surface area contributed by atoms with Crippen molar-refractivity contribution in [3.63, 3.8) is 0 Å². The van der Waals surface area contributed by atoms with Crippen LogP contribution in [0.25, 0.3) is 0 Å². The second-order valence-corrected chi connectivity index (χ2v) is 6.33. The van der Waals surface area contributed by atoms with E-state index in [9.17, 15) is 14.7 Å². The van der Waals surface area contributed by atoms with Crippen LogP contribution in [0.5, 0.6) is 0 Å². The number of carbonyl (C=O) groups is 2. The maximum absolute atomic E-state index is 12.5. The van der Waals surface area contributed by atoms with Crippen molar-refractivity contribution in [1.82, 2.24) is 4.90 Å². The Bertz CT molecular complexity index is 464. The van der Waals surface area contributed by atoms with E-state index in [-0.39, 0.29) is 11.4 Å². The van der Waals surface area contributed by atoms with Gasteiger partial charge in [0.1, 0.15) is 11.5 Å². The molecule has 5 heteroatoms. The largest absolute Gasteiger partial charge is 0.481 e. The number of aliphatic carboxylic acids is 1. The lowest BCUT2D eigenvalue weighted by Crippen LogP contribution is -2.45. The third-order valence-corrected chi connectivity index (χ3v) is 4.20. The summed E-state index contributed by atoms with van der Waals surface area (Å²) in [4.78, 5) is 25.6. The van der Waals surface area contributed by atoms with Crippen molar-refractivity contribution < 1.29 is 19.4 Å². The van der Waals surface area contributed by atoms with Crippen LogP contribution in [-0.2, 0) is 14.3 Å². The van der Waals surface area contributed by atoms with Gasteiger partial charge in [-0.2, -0.15) is 0 Å². The van der Waals surface area contributed by atoms with Gasteiger partial charge in [-0.15, -0.1) is 0 Å². The van der Waals surface area contributed by atoms with E-state index in [0.717, 1.165) is 0 Å². The zero-order valence-electron chi connectivity index (χ0n) is 10.7. The fourth-order valence-corrected chi connectivity index (χ4v) is 3.35. The summed E-state index contributed by atoms with van der Waals surface area (Å²) >= 11 is 0. The summed E-state index contributed by atoms with van der Waals surface area (Å²) in [5.74, 6) is -2.35. The molecule has 0 aliphatic carbocycles. The van der Waals surface area contributed by atoms with Crippen LogP contribution in [0.3, 0.4) is 0 Å². The number of rotatable bonds is 1. The van der Waals surface area contributed by atoms with Crippen LogP contribution < -0.4 is 0 Å². The molecule has 4 atom stereocenters. The Morgan fingerprint density at radius 1 is 1.56 bits per heavy atom. The van der Waals surface area contributed by atoms with Crippen molar-refractivity contribution >= 4 is 11.9 Å². The summed E-state index contributed by atoms with van der Waals surface area (Å²) in [5, 5.41) is 9.30. The molecule has 0 radical (unpaired) electrons. The molecule has 0 aromatic heterocycles. The minimum absolute atomic E-state index is 0.0956. The summed E-state index contributed by atoms with van der Waals surface area (Å²) in [6.45, 7) is 6.31. The van der Waals surface area contributed by atoms with Crippen LogP contribution in [0.2, 0.25) is 0 Å². The number of nitrogens with zero attached hydrogens (tertiary/aromatic N) is 1. The van der Waals surface area contributed by atoms with E-state index in [1.54, 1.807) is 11.0 Å². The molecule has 98 valence electrons. The summed E-state index contributed by atoms with van der Waals surface area (Å²) < 4.78 is 5.80. The Balaban J connectivity index is 2.02. The van der Waals surface area contributed by atoms with Crippen molar-refractivity contribution in [3.05, 3.63) is 12.2 Å². The highest BCUT2D eigenvalue weighted by Gasteiger charge is 2.67. The second kappa shape index (κ2) is 3.15. The van der Waals surface area contributed by atoms with Crippen molar-refractivity contribution in [2.45, 2.75) is 38.0 Å². The van der Waals surface area contributed by atoms with E-state index >= 15 is 0 Å². The third-order valence-electron chi connectivity index (χ3n) is 4.20. The molecular weight excluding hydrogens is 234 g/mol. The highest BCUT2D eigenvalue weighted by Crippen LogP contribution is 2.52. The van der Waals surface area contributed by atoms with E-state index in [2.05, 4.69) is 0 Å². The van der Waals surface area contributed by atoms with Gasteiger partial charge in [-0.1, -0.05) is 12.2 Å². The number of likely N-dealkylation sites (tertiary alicyclic amines) is 1. The third kappa shape index (κ3) is 1.25. The zero-order chi connectivity index (χ0) is 13.3. The molecule has 1 amide bonds. The predicted octanol–water partition coefficient (Wildman–Crippen LogP) is 0.651. The molecule has 1 N–H and O–H groups in total. The van der Waals surface area contributed by atoms with Crippen molar-refractivity contribution in [3.8, 4) is 0 Å². The number of carbonyl (C=O) groups excluding carboxylic acids is 1. The smallest absolute Gasteiger partial charge is 0.310 e. The standard InChI is InChI=1S/C13H17NO4/c1-12(2,3)14-6-13-5-4-7(18-13)8(11(16)17)9(13)10(14)15/h4-5,7-9H,6H2,1-3H3,(H,16,17)/t7-,8-,9+,13+/m0/s1. The molecule has 3 aliphatic heterocycles. The molecule has 3 rings (SSSR count). The highest BCUT2D eigenvalue weighted by atomic mass is 16.5. The van der Waals surface area contributed by atoms with E-state index in [4.69, 9.17) is 4.74 Å². The van der Waals surface area contributed by atoms with E-state index in [0.29, 0.717) is 6.54 Å². The first kappa shape index (κ1) is 11.7. The number of ether oxygens (including phenoxy) is 1. The number of carboxylic acid groups (broad SMARTS) is 1. The summed E-state index contributed by atoms with van der Waals surface area (Å²) in [5.41, 5.74) is -1.02. The van der Waals surface area contributed by atoms with Crippen LogP contribution in [0.4, 0.5) is 0 Å². The maximum Gasteiger partial charge on any atom is 0.310 e. The Hall–Kier alpha value is -1.36. The molecule has 2 bridgehead atoms. The number of hydrogen-bond donors (Lipinski definition) is 1. The fraction of sp³-hybridized carbons (Fsp3) is 0.692. The topological polar surface area (TPSA) is 66.8 Å². The lowest BCUT2D eigenvalue weighted by atomic mass is 9.77. The minimum Gasteiger partial charge on any atom is -0.481 e. The van der Waals surface area contributed by atoms with Gasteiger partial charge in [-0.05, 0) is 20.8 Å². The molecule has 0 aromatic rings. The van der Waals surface area contributed by atoms with Gasteiger partial charge in [0.25, 0.3) is 0 Å². The van der Waals surface area contributed by atoms with Crippen molar-refractivity contribution in [2.24, 2.45) is 11.8 Å². The molecule has 3 heterocycles. The molecule has 0 saturated carbocycles. The van der Waals surface area contributed by atoms with Gasteiger partial charge >= 0.3 is 5.97 Å². The average Bonchev–Trinajstić information content (AvgIpc) is 2.85. The summed E-state index contributed by atoms with van der Waals surface area (Å²) in [6.07, 6.45) is 3.22. The first-order valence-corrected chi connectivity index (χ1v) is 6.18. The molecule has 18 heavy (non-hydrogen) atoms. The van der Waals surface area contributed by atoms with Crippen LogP contribution in [0.15, 0.2) is 12.2 Å². The number of carboxylic acids is 1. The molecule has 3 aliphatic rings. The van der Waals surface area contributed by atoms with Crippen LogP contribution in [0, 0.1) is 11.8 Å². The monoisotopic (exact) mass is 251 g/mol. The van der Waals surface area contributed by atoms with Gasteiger partial charge in [0.05, 0.1) is 18.6 Å².